The Morgan fingerprint density at radius 3 is 2.83 bits per heavy atom. The van der Waals surface area contributed by atoms with Gasteiger partial charge in [0.25, 0.3) is 0 Å². The molecule has 0 unspecified atom stereocenters. The van der Waals surface area contributed by atoms with E-state index >= 15 is 0 Å². The summed E-state index contributed by atoms with van der Waals surface area (Å²) in [6.07, 6.45) is 3.96. The van der Waals surface area contributed by atoms with E-state index in [1.165, 1.54) is 5.56 Å². The van der Waals surface area contributed by atoms with Gasteiger partial charge in [0.2, 0.25) is 0 Å². The minimum Gasteiger partial charge on any atom is -0.312 e. The normalized spacial score (nSPS) is 11.8. The third-order valence-corrected chi connectivity index (χ3v) is 3.77. The minimum atomic E-state index is 0.354. The molecule has 0 aliphatic heterocycles. The van der Waals surface area contributed by atoms with Crippen molar-refractivity contribution in [2.75, 3.05) is 12.3 Å². The van der Waals surface area contributed by atoms with Crippen LogP contribution in [0.25, 0.3) is 0 Å². The van der Waals surface area contributed by atoms with Crippen LogP contribution in [0.1, 0.15) is 32.0 Å². The van der Waals surface area contributed by atoms with Gasteiger partial charge in [0.05, 0.1) is 12.2 Å². The molecule has 1 rings (SSSR count). The Morgan fingerprint density at radius 1 is 1.50 bits per heavy atom. The molecule has 1 N–H and O–H groups in total. The van der Waals surface area contributed by atoms with Gasteiger partial charge in [-0.05, 0) is 6.92 Å². The SMILES string of the molecule is C=CCn1cc(CNCCSC(C)(C)C)c(C)n1. The van der Waals surface area contributed by atoms with Crippen molar-refractivity contribution in [1.82, 2.24) is 15.1 Å². The zero-order valence-electron chi connectivity index (χ0n) is 12.0. The van der Waals surface area contributed by atoms with E-state index in [1.807, 2.05) is 22.5 Å². The van der Waals surface area contributed by atoms with Crippen LogP contribution in [-0.4, -0.2) is 26.8 Å². The highest BCUT2D eigenvalue weighted by Gasteiger charge is 2.09. The summed E-state index contributed by atoms with van der Waals surface area (Å²) in [4.78, 5) is 0. The Hall–Kier alpha value is -0.740. The van der Waals surface area contributed by atoms with Crippen molar-refractivity contribution in [3.05, 3.63) is 30.1 Å². The van der Waals surface area contributed by atoms with E-state index in [0.29, 0.717) is 4.75 Å². The standard InChI is InChI=1S/C14H25N3S/c1-6-8-17-11-13(12(2)16-17)10-15-7-9-18-14(3,4)5/h6,11,15H,1,7-10H2,2-5H3. The van der Waals surface area contributed by atoms with Gasteiger partial charge in [0.15, 0.2) is 0 Å². The van der Waals surface area contributed by atoms with Crippen molar-refractivity contribution in [3.8, 4) is 0 Å². The Balaban J connectivity index is 2.29. The molecule has 0 saturated heterocycles. The van der Waals surface area contributed by atoms with Gasteiger partial charge in [-0.1, -0.05) is 26.8 Å². The molecule has 1 aromatic heterocycles. The quantitative estimate of drug-likeness (QED) is 0.608. The summed E-state index contributed by atoms with van der Waals surface area (Å²) in [6.45, 7) is 15.2. The first kappa shape index (κ1) is 15.3. The largest absolute Gasteiger partial charge is 0.312 e. The molecule has 102 valence electrons. The Labute approximate surface area is 115 Å². The maximum absolute atomic E-state index is 4.44. The van der Waals surface area contributed by atoms with E-state index in [9.17, 15) is 0 Å². The number of allylic oxidation sites excluding steroid dienone is 1. The second-order valence-corrected chi connectivity index (χ2v) is 7.31. The van der Waals surface area contributed by atoms with Crippen molar-refractivity contribution in [1.29, 1.82) is 0 Å². The summed E-state index contributed by atoms with van der Waals surface area (Å²) in [7, 11) is 0. The number of nitrogens with one attached hydrogen (secondary N) is 1. The summed E-state index contributed by atoms with van der Waals surface area (Å²) >= 11 is 1.99. The van der Waals surface area contributed by atoms with E-state index < -0.39 is 0 Å². The highest BCUT2D eigenvalue weighted by molar-refractivity contribution is 8.00. The summed E-state index contributed by atoms with van der Waals surface area (Å²) in [5.74, 6) is 1.14. The van der Waals surface area contributed by atoms with Crippen LogP contribution >= 0.6 is 11.8 Å². The fourth-order valence-electron chi connectivity index (χ4n) is 1.61. The van der Waals surface area contributed by atoms with Gasteiger partial charge in [-0.2, -0.15) is 16.9 Å². The van der Waals surface area contributed by atoms with Gasteiger partial charge < -0.3 is 5.32 Å². The van der Waals surface area contributed by atoms with Gasteiger partial charge in [-0.25, -0.2) is 0 Å². The molecule has 0 fully saturated rings. The second-order valence-electron chi connectivity index (χ2n) is 5.39. The second kappa shape index (κ2) is 7.00. The molecule has 18 heavy (non-hydrogen) atoms. The van der Waals surface area contributed by atoms with Crippen molar-refractivity contribution in [3.63, 3.8) is 0 Å². The topological polar surface area (TPSA) is 29.9 Å². The summed E-state index contributed by atoms with van der Waals surface area (Å²) in [6, 6.07) is 0. The maximum atomic E-state index is 4.44. The van der Waals surface area contributed by atoms with Crippen molar-refractivity contribution in [2.45, 2.75) is 45.5 Å². The molecule has 0 saturated carbocycles. The summed E-state index contributed by atoms with van der Waals surface area (Å²) in [5, 5.41) is 7.91. The fraction of sp³-hybridized carbons (Fsp3) is 0.643. The molecular formula is C14H25N3S. The first-order valence-corrected chi connectivity index (χ1v) is 7.39. The summed E-state index contributed by atoms with van der Waals surface area (Å²) < 4.78 is 2.29. The molecule has 0 radical (unpaired) electrons. The van der Waals surface area contributed by atoms with Gasteiger partial charge in [0, 0.05) is 35.3 Å². The molecule has 0 bridgehead atoms. The third kappa shape index (κ3) is 5.74. The molecule has 1 aromatic rings. The lowest BCUT2D eigenvalue weighted by Crippen LogP contribution is -2.19. The number of nitrogens with zero attached hydrogens (tertiary/aromatic N) is 2. The Kier molecular flexibility index (Phi) is 5.96. The number of hydrogen-bond acceptors (Lipinski definition) is 3. The lowest BCUT2D eigenvalue weighted by atomic mass is 10.2. The molecule has 3 nitrogen and oxygen atoms in total. The van der Waals surface area contributed by atoms with Crippen LogP contribution in [0.2, 0.25) is 0 Å². The first-order valence-electron chi connectivity index (χ1n) is 6.41. The van der Waals surface area contributed by atoms with Gasteiger partial charge in [-0.3, -0.25) is 4.68 Å². The first-order chi connectivity index (χ1) is 8.42. The number of aromatic nitrogens is 2. The Morgan fingerprint density at radius 2 is 2.22 bits per heavy atom. The molecule has 0 aliphatic rings. The Bertz CT molecular complexity index is 377. The van der Waals surface area contributed by atoms with Crippen LogP contribution in [0.15, 0.2) is 18.9 Å². The van der Waals surface area contributed by atoms with Gasteiger partial charge in [-0.15, -0.1) is 6.58 Å². The van der Waals surface area contributed by atoms with E-state index in [1.54, 1.807) is 0 Å². The van der Waals surface area contributed by atoms with Gasteiger partial charge in [0.1, 0.15) is 0 Å². The maximum Gasteiger partial charge on any atom is 0.0638 e. The van der Waals surface area contributed by atoms with Crippen LogP contribution < -0.4 is 5.32 Å². The van der Waals surface area contributed by atoms with Crippen molar-refractivity contribution >= 4 is 11.8 Å². The smallest absolute Gasteiger partial charge is 0.0638 e. The molecule has 0 spiro atoms. The highest BCUT2D eigenvalue weighted by Crippen LogP contribution is 2.22. The molecular weight excluding hydrogens is 242 g/mol. The highest BCUT2D eigenvalue weighted by atomic mass is 32.2. The lowest BCUT2D eigenvalue weighted by Gasteiger charge is -2.17. The average Bonchev–Trinajstić information content (AvgIpc) is 2.58. The van der Waals surface area contributed by atoms with E-state index in [-0.39, 0.29) is 0 Å². The fourth-order valence-corrected chi connectivity index (χ4v) is 2.47. The van der Waals surface area contributed by atoms with Crippen LogP contribution in [0.3, 0.4) is 0 Å². The minimum absolute atomic E-state index is 0.354. The molecule has 0 amide bonds. The predicted octanol–water partition coefficient (Wildman–Crippen LogP) is 3.00. The third-order valence-electron chi connectivity index (χ3n) is 2.49. The number of thioether (sulfide) groups is 1. The number of hydrogen-bond donors (Lipinski definition) is 1. The summed E-state index contributed by atoms with van der Waals surface area (Å²) in [5.41, 5.74) is 2.38. The van der Waals surface area contributed by atoms with E-state index in [0.717, 1.165) is 31.1 Å². The molecule has 0 aliphatic carbocycles. The zero-order valence-corrected chi connectivity index (χ0v) is 12.8. The monoisotopic (exact) mass is 267 g/mol. The molecule has 0 aromatic carbocycles. The lowest BCUT2D eigenvalue weighted by molar-refractivity contribution is 0.693. The van der Waals surface area contributed by atoms with Crippen LogP contribution in [0.4, 0.5) is 0 Å². The van der Waals surface area contributed by atoms with Crippen LogP contribution in [0, 0.1) is 6.92 Å². The molecule has 4 heteroatoms. The molecule has 0 atom stereocenters. The van der Waals surface area contributed by atoms with Crippen LogP contribution in [-0.2, 0) is 13.1 Å². The van der Waals surface area contributed by atoms with E-state index in [4.69, 9.17) is 0 Å². The number of rotatable bonds is 7. The average molecular weight is 267 g/mol. The predicted molar refractivity (Wildman–Crippen MR) is 81.1 cm³/mol. The van der Waals surface area contributed by atoms with E-state index in [2.05, 4.69) is 50.9 Å². The van der Waals surface area contributed by atoms with Crippen molar-refractivity contribution < 1.29 is 0 Å². The zero-order chi connectivity index (χ0) is 13.6. The van der Waals surface area contributed by atoms with Gasteiger partial charge >= 0.3 is 0 Å². The van der Waals surface area contributed by atoms with Crippen LogP contribution in [0.5, 0.6) is 0 Å². The van der Waals surface area contributed by atoms with Crippen molar-refractivity contribution in [2.24, 2.45) is 0 Å². The molecule has 1 heterocycles. The number of aryl methyl sites for hydroxylation is 1.